The Morgan fingerprint density at radius 1 is 1.17 bits per heavy atom. The molecule has 0 amide bonds. The molecule has 0 atom stereocenters. The van der Waals surface area contributed by atoms with E-state index in [1.165, 1.54) is 6.92 Å². The minimum absolute atomic E-state index is 0.0120. The molecule has 0 saturated heterocycles. The van der Waals surface area contributed by atoms with Crippen LogP contribution < -0.4 is 14.2 Å². The maximum atomic E-state index is 11.1. The van der Waals surface area contributed by atoms with Gasteiger partial charge in [0.1, 0.15) is 23.9 Å². The smallest absolute Gasteiger partial charge is 0.302 e. The number of fused-ring (bicyclic) bond motifs is 1. The summed E-state index contributed by atoms with van der Waals surface area (Å²) in [5.41, 5.74) is 0.559. The lowest BCUT2D eigenvalue weighted by atomic mass is 10.0. The molecular weight excluding hydrogens is 296 g/mol. The van der Waals surface area contributed by atoms with Crippen LogP contribution in [0.5, 0.6) is 17.2 Å². The molecule has 124 valence electrons. The first-order valence-corrected chi connectivity index (χ1v) is 7.35. The molecule has 0 heterocycles. The van der Waals surface area contributed by atoms with Gasteiger partial charge in [-0.15, -0.1) is 0 Å². The Bertz CT molecular complexity index is 755. The van der Waals surface area contributed by atoms with Crippen LogP contribution in [0.3, 0.4) is 0 Å². The Hall–Kier alpha value is -2.43. The van der Waals surface area contributed by atoms with E-state index in [0.29, 0.717) is 33.6 Å². The second-order valence-corrected chi connectivity index (χ2v) is 5.36. The summed E-state index contributed by atoms with van der Waals surface area (Å²) in [7, 11) is 3.11. The van der Waals surface area contributed by atoms with Crippen LogP contribution in [0, 0.1) is 0 Å². The van der Waals surface area contributed by atoms with Crippen LogP contribution in [-0.2, 0) is 16.1 Å². The molecule has 0 spiro atoms. The van der Waals surface area contributed by atoms with E-state index < -0.39 is 5.97 Å². The molecule has 0 aromatic heterocycles. The first kappa shape index (κ1) is 15.5. The van der Waals surface area contributed by atoms with Crippen LogP contribution in [0.4, 0.5) is 0 Å². The molecule has 0 fully saturated rings. The predicted octanol–water partition coefficient (Wildman–Crippen LogP) is 3.71. The molecule has 0 aliphatic rings. The molecule has 2 aromatic rings. The van der Waals surface area contributed by atoms with Gasteiger partial charge in [-0.3, -0.25) is 4.79 Å². The summed E-state index contributed by atoms with van der Waals surface area (Å²) in [6.07, 6.45) is -0.0573. The average Bonchev–Trinajstić information content (AvgIpc) is 2.54. The lowest BCUT2D eigenvalue weighted by Gasteiger charge is -2.17. The summed E-state index contributed by atoms with van der Waals surface area (Å²) in [4.78, 5) is 11.1. The van der Waals surface area contributed by atoms with Gasteiger partial charge in [0.15, 0.2) is 0 Å². The van der Waals surface area contributed by atoms with Crippen molar-refractivity contribution < 1.29 is 25.1 Å². The second-order valence-electron chi connectivity index (χ2n) is 5.36. The SMILES string of the molecule is [2H]c1c(COC(C)=O)cc(OC(C)C)c2c(OC)cc(OC)cc12. The van der Waals surface area contributed by atoms with Crippen molar-refractivity contribution in [2.24, 2.45) is 0 Å². The Labute approximate surface area is 137 Å². The average molecular weight is 319 g/mol. The van der Waals surface area contributed by atoms with Gasteiger partial charge in [0.2, 0.25) is 0 Å². The molecule has 0 saturated carbocycles. The summed E-state index contributed by atoms with van der Waals surface area (Å²) in [6, 6.07) is 5.48. The van der Waals surface area contributed by atoms with Crippen LogP contribution in [0.1, 0.15) is 27.7 Å². The van der Waals surface area contributed by atoms with Gasteiger partial charge in [-0.1, -0.05) is 0 Å². The lowest BCUT2D eigenvalue weighted by molar-refractivity contribution is -0.142. The van der Waals surface area contributed by atoms with Gasteiger partial charge in [0.25, 0.3) is 0 Å². The fourth-order valence-electron chi connectivity index (χ4n) is 2.27. The third-order valence-corrected chi connectivity index (χ3v) is 3.17. The molecule has 0 N–H and O–H groups in total. The van der Waals surface area contributed by atoms with Crippen LogP contribution >= 0.6 is 0 Å². The van der Waals surface area contributed by atoms with Crippen molar-refractivity contribution in [1.29, 1.82) is 0 Å². The van der Waals surface area contributed by atoms with E-state index in [4.69, 9.17) is 20.3 Å². The van der Waals surface area contributed by atoms with E-state index in [1.54, 1.807) is 32.4 Å². The maximum Gasteiger partial charge on any atom is 0.302 e. The molecule has 0 bridgehead atoms. The van der Waals surface area contributed by atoms with Gasteiger partial charge < -0.3 is 18.9 Å². The normalized spacial score (nSPS) is 11.3. The van der Waals surface area contributed by atoms with Crippen molar-refractivity contribution in [1.82, 2.24) is 0 Å². The molecule has 2 rings (SSSR count). The zero-order chi connectivity index (χ0) is 17.9. The number of hydrogen-bond acceptors (Lipinski definition) is 5. The van der Waals surface area contributed by atoms with Crippen LogP contribution in [0.15, 0.2) is 24.2 Å². The third kappa shape index (κ3) is 4.06. The van der Waals surface area contributed by atoms with Crippen molar-refractivity contribution in [2.75, 3.05) is 14.2 Å². The number of hydrogen-bond donors (Lipinski definition) is 0. The molecule has 0 aliphatic heterocycles. The Balaban J connectivity index is 2.73. The largest absolute Gasteiger partial charge is 0.497 e. The Morgan fingerprint density at radius 3 is 2.48 bits per heavy atom. The number of carbonyl (C=O) groups is 1. The van der Waals surface area contributed by atoms with E-state index in [9.17, 15) is 4.79 Å². The Kier molecular flexibility index (Phi) is 4.86. The highest BCUT2D eigenvalue weighted by atomic mass is 16.5. The zero-order valence-corrected chi connectivity index (χ0v) is 14.1. The van der Waals surface area contributed by atoms with Gasteiger partial charge in [0, 0.05) is 13.0 Å². The van der Waals surface area contributed by atoms with Crippen LogP contribution in [-0.4, -0.2) is 26.3 Å². The Morgan fingerprint density at radius 2 is 1.91 bits per heavy atom. The van der Waals surface area contributed by atoms with E-state index in [2.05, 4.69) is 0 Å². The van der Waals surface area contributed by atoms with Crippen molar-refractivity contribution >= 4 is 16.7 Å². The highest BCUT2D eigenvalue weighted by Gasteiger charge is 2.14. The summed E-state index contributed by atoms with van der Waals surface area (Å²) >= 11 is 0. The van der Waals surface area contributed by atoms with Gasteiger partial charge in [-0.25, -0.2) is 0 Å². The molecule has 5 heteroatoms. The minimum atomic E-state index is -0.399. The standard InChI is InChI=1S/C18H22O5/c1-11(2)23-17-7-13(10-22-12(3)19)6-14-8-15(20-4)9-16(21-5)18(14)17/h6-9,11H,10H2,1-5H3/i6D. The van der Waals surface area contributed by atoms with Crippen molar-refractivity contribution in [3.63, 3.8) is 0 Å². The van der Waals surface area contributed by atoms with Gasteiger partial charge >= 0.3 is 5.97 Å². The monoisotopic (exact) mass is 319 g/mol. The number of rotatable bonds is 6. The van der Waals surface area contributed by atoms with E-state index in [-0.39, 0.29) is 18.8 Å². The third-order valence-electron chi connectivity index (χ3n) is 3.17. The highest BCUT2D eigenvalue weighted by molar-refractivity contribution is 5.95. The summed E-state index contributed by atoms with van der Waals surface area (Å²) in [5, 5.41) is 1.31. The molecule has 0 aliphatic carbocycles. The van der Waals surface area contributed by atoms with E-state index in [1.807, 2.05) is 13.8 Å². The highest BCUT2D eigenvalue weighted by Crippen LogP contribution is 2.39. The first-order chi connectivity index (χ1) is 11.4. The summed E-state index contributed by atoms with van der Waals surface area (Å²) in [6.45, 7) is 5.19. The molecule has 0 unspecified atom stereocenters. The fraction of sp³-hybridized carbons (Fsp3) is 0.389. The molecular formula is C18H22O5. The first-order valence-electron chi connectivity index (χ1n) is 7.85. The summed E-state index contributed by atoms with van der Waals surface area (Å²) < 4.78 is 30.1. The topological polar surface area (TPSA) is 54.0 Å². The number of benzene rings is 2. The van der Waals surface area contributed by atoms with Gasteiger partial charge in [0.05, 0.1) is 27.1 Å². The lowest BCUT2D eigenvalue weighted by Crippen LogP contribution is -2.07. The number of esters is 1. The zero-order valence-electron chi connectivity index (χ0n) is 15.1. The number of ether oxygens (including phenoxy) is 4. The number of methoxy groups -OCH3 is 2. The van der Waals surface area contributed by atoms with Crippen LogP contribution in [0.25, 0.3) is 10.8 Å². The van der Waals surface area contributed by atoms with Crippen molar-refractivity contribution in [3.05, 3.63) is 29.8 Å². The maximum absolute atomic E-state index is 11.1. The second kappa shape index (κ2) is 7.22. The van der Waals surface area contributed by atoms with E-state index in [0.717, 1.165) is 0 Å². The van der Waals surface area contributed by atoms with Crippen LogP contribution in [0.2, 0.25) is 0 Å². The van der Waals surface area contributed by atoms with Crippen molar-refractivity contribution in [2.45, 2.75) is 33.5 Å². The fourth-order valence-corrected chi connectivity index (χ4v) is 2.27. The summed E-state index contributed by atoms with van der Waals surface area (Å²) in [5.74, 6) is 1.32. The van der Waals surface area contributed by atoms with Gasteiger partial charge in [-0.2, -0.15) is 0 Å². The van der Waals surface area contributed by atoms with Crippen molar-refractivity contribution in [3.8, 4) is 17.2 Å². The van der Waals surface area contributed by atoms with Gasteiger partial charge in [-0.05, 0) is 43.0 Å². The number of carbonyl (C=O) groups excluding carboxylic acids is 1. The molecule has 0 radical (unpaired) electrons. The molecule has 2 aromatic carbocycles. The van der Waals surface area contributed by atoms with E-state index >= 15 is 0 Å². The predicted molar refractivity (Wildman–Crippen MR) is 88.3 cm³/mol. The molecule has 5 nitrogen and oxygen atoms in total. The minimum Gasteiger partial charge on any atom is -0.497 e. The molecule has 23 heavy (non-hydrogen) atoms. The quantitative estimate of drug-likeness (QED) is 0.760.